The molecule has 1 aromatic heterocycles. The number of amides is 2. The molecular weight excluding hydrogens is 396 g/mol. The lowest BCUT2D eigenvalue weighted by atomic mass is 10.1. The number of nitrogens with one attached hydrogen (secondary N) is 2. The van der Waals surface area contributed by atoms with Crippen molar-refractivity contribution < 1.29 is 9.59 Å². The van der Waals surface area contributed by atoms with Crippen LogP contribution in [0, 0.1) is 5.92 Å². The predicted octanol–water partition coefficient (Wildman–Crippen LogP) is 4.13. The first kappa shape index (κ1) is 20.5. The van der Waals surface area contributed by atoms with E-state index in [1.807, 2.05) is 66.3 Å². The standard InChI is InChI=1S/C23H26N4O2S/c1-15(16-9-11-18(12-10-16)25-23(29)17-7-8-17)24-22(28)13-27-20-6-4-3-5-19(20)26-21(27)14-30-2/h3-6,9-12,15,17H,7-8,13-14H2,1-2H3,(H,24,28)(H,25,29). The van der Waals surface area contributed by atoms with Crippen molar-refractivity contribution in [3.8, 4) is 0 Å². The van der Waals surface area contributed by atoms with Gasteiger partial charge in [0.1, 0.15) is 12.4 Å². The van der Waals surface area contributed by atoms with E-state index in [4.69, 9.17) is 0 Å². The number of carbonyl (C=O) groups excluding carboxylic acids is 2. The van der Waals surface area contributed by atoms with Gasteiger partial charge in [-0.2, -0.15) is 11.8 Å². The maximum atomic E-state index is 12.8. The Morgan fingerprint density at radius 3 is 2.60 bits per heavy atom. The van der Waals surface area contributed by atoms with Crippen molar-refractivity contribution in [2.75, 3.05) is 11.6 Å². The first-order valence-corrected chi connectivity index (χ1v) is 11.6. The number of benzene rings is 2. The number of anilines is 1. The van der Waals surface area contributed by atoms with Gasteiger partial charge in [-0.1, -0.05) is 24.3 Å². The summed E-state index contributed by atoms with van der Waals surface area (Å²) in [6.07, 6.45) is 4.00. The van der Waals surface area contributed by atoms with E-state index in [2.05, 4.69) is 15.6 Å². The van der Waals surface area contributed by atoms with Crippen LogP contribution in [0.2, 0.25) is 0 Å². The summed E-state index contributed by atoms with van der Waals surface area (Å²) < 4.78 is 1.99. The molecule has 6 nitrogen and oxygen atoms in total. The topological polar surface area (TPSA) is 76.0 Å². The van der Waals surface area contributed by atoms with Crippen molar-refractivity contribution in [3.05, 3.63) is 59.9 Å². The summed E-state index contributed by atoms with van der Waals surface area (Å²) in [5, 5.41) is 6.01. The van der Waals surface area contributed by atoms with E-state index in [9.17, 15) is 9.59 Å². The van der Waals surface area contributed by atoms with Gasteiger partial charge in [-0.25, -0.2) is 4.98 Å². The van der Waals surface area contributed by atoms with Crippen LogP contribution in [0.4, 0.5) is 5.69 Å². The van der Waals surface area contributed by atoms with Crippen molar-refractivity contribution >= 4 is 40.3 Å². The Morgan fingerprint density at radius 1 is 1.17 bits per heavy atom. The third-order valence-corrected chi connectivity index (χ3v) is 5.86. The number of nitrogens with zero attached hydrogens (tertiary/aromatic N) is 2. The Bertz CT molecular complexity index is 1060. The third-order valence-electron chi connectivity index (χ3n) is 5.31. The van der Waals surface area contributed by atoms with Crippen LogP contribution in [0.3, 0.4) is 0 Å². The number of hydrogen-bond donors (Lipinski definition) is 2. The molecule has 0 aliphatic heterocycles. The SMILES string of the molecule is CSCc1nc2ccccc2n1CC(=O)NC(C)c1ccc(NC(=O)C2CC2)cc1. The second kappa shape index (κ2) is 8.92. The highest BCUT2D eigenvalue weighted by Crippen LogP contribution is 2.30. The minimum Gasteiger partial charge on any atom is -0.348 e. The largest absolute Gasteiger partial charge is 0.348 e. The lowest BCUT2D eigenvalue weighted by Gasteiger charge is -2.16. The zero-order chi connectivity index (χ0) is 21.1. The van der Waals surface area contributed by atoms with Gasteiger partial charge < -0.3 is 15.2 Å². The fourth-order valence-corrected chi connectivity index (χ4v) is 3.98. The molecule has 30 heavy (non-hydrogen) atoms. The number of aromatic nitrogens is 2. The summed E-state index contributed by atoms with van der Waals surface area (Å²) >= 11 is 1.69. The van der Waals surface area contributed by atoms with Crippen LogP contribution < -0.4 is 10.6 Å². The number of fused-ring (bicyclic) bond motifs is 1. The molecule has 1 aliphatic carbocycles. The van der Waals surface area contributed by atoms with E-state index in [1.54, 1.807) is 11.8 Å². The number of imidazole rings is 1. The average molecular weight is 423 g/mol. The van der Waals surface area contributed by atoms with Crippen LogP contribution in [0.1, 0.15) is 37.2 Å². The van der Waals surface area contributed by atoms with Gasteiger partial charge in [-0.15, -0.1) is 0 Å². The van der Waals surface area contributed by atoms with Gasteiger partial charge in [0.25, 0.3) is 0 Å². The molecule has 1 atom stereocenters. The molecule has 1 heterocycles. The van der Waals surface area contributed by atoms with E-state index >= 15 is 0 Å². The number of thioether (sulfide) groups is 1. The Morgan fingerprint density at radius 2 is 1.90 bits per heavy atom. The van der Waals surface area contributed by atoms with Gasteiger partial charge in [0.2, 0.25) is 11.8 Å². The van der Waals surface area contributed by atoms with Gasteiger partial charge >= 0.3 is 0 Å². The molecule has 0 bridgehead atoms. The quantitative estimate of drug-likeness (QED) is 0.572. The normalized spacial score (nSPS) is 14.5. The Balaban J connectivity index is 1.41. The number of carbonyl (C=O) groups is 2. The van der Waals surface area contributed by atoms with Gasteiger partial charge in [-0.05, 0) is 55.9 Å². The second-order valence-corrected chi connectivity index (χ2v) is 8.58. The Hall–Kier alpha value is -2.80. The monoisotopic (exact) mass is 422 g/mol. The van der Waals surface area contributed by atoms with Crippen molar-refractivity contribution in [1.82, 2.24) is 14.9 Å². The first-order valence-electron chi connectivity index (χ1n) is 10.2. The highest BCUT2D eigenvalue weighted by molar-refractivity contribution is 7.97. The van der Waals surface area contributed by atoms with E-state index in [-0.39, 0.29) is 30.3 Å². The van der Waals surface area contributed by atoms with Gasteiger partial charge in [0.15, 0.2) is 0 Å². The number of rotatable bonds is 8. The molecule has 3 aromatic rings. The van der Waals surface area contributed by atoms with Gasteiger partial charge in [0.05, 0.1) is 22.8 Å². The van der Waals surface area contributed by atoms with Gasteiger partial charge in [-0.3, -0.25) is 9.59 Å². The minimum absolute atomic E-state index is 0.0564. The molecule has 156 valence electrons. The molecule has 0 radical (unpaired) electrons. The smallest absolute Gasteiger partial charge is 0.240 e. The van der Waals surface area contributed by atoms with Crippen molar-refractivity contribution in [3.63, 3.8) is 0 Å². The van der Waals surface area contributed by atoms with Crippen LogP contribution in [0.15, 0.2) is 48.5 Å². The molecule has 2 aromatic carbocycles. The fourth-order valence-electron chi connectivity index (χ4n) is 3.50. The van der Waals surface area contributed by atoms with Crippen molar-refractivity contribution in [2.24, 2.45) is 5.92 Å². The molecule has 2 N–H and O–H groups in total. The Kier molecular flexibility index (Phi) is 6.08. The third kappa shape index (κ3) is 4.67. The molecule has 1 saturated carbocycles. The highest BCUT2D eigenvalue weighted by Gasteiger charge is 2.29. The van der Waals surface area contributed by atoms with Crippen LogP contribution in [0.5, 0.6) is 0 Å². The predicted molar refractivity (Wildman–Crippen MR) is 121 cm³/mol. The Labute approximate surface area is 180 Å². The zero-order valence-electron chi connectivity index (χ0n) is 17.2. The molecule has 4 rings (SSSR count). The fraction of sp³-hybridized carbons (Fsp3) is 0.348. The van der Waals surface area contributed by atoms with E-state index in [0.717, 1.165) is 46.7 Å². The molecule has 0 saturated heterocycles. The van der Waals surface area contributed by atoms with Crippen LogP contribution in [0.25, 0.3) is 11.0 Å². The number of hydrogen-bond acceptors (Lipinski definition) is 4. The first-order chi connectivity index (χ1) is 14.5. The number of para-hydroxylation sites is 2. The molecule has 1 unspecified atom stereocenters. The second-order valence-electron chi connectivity index (χ2n) is 7.71. The molecule has 7 heteroatoms. The summed E-state index contributed by atoms with van der Waals surface area (Å²) in [7, 11) is 0. The van der Waals surface area contributed by atoms with E-state index in [0.29, 0.717) is 0 Å². The maximum absolute atomic E-state index is 12.8. The summed E-state index contributed by atoms with van der Waals surface area (Å²) in [6, 6.07) is 15.4. The average Bonchev–Trinajstić information content (AvgIpc) is 3.53. The lowest BCUT2D eigenvalue weighted by Crippen LogP contribution is -2.30. The summed E-state index contributed by atoms with van der Waals surface area (Å²) in [6.45, 7) is 2.20. The van der Waals surface area contributed by atoms with Crippen molar-refractivity contribution in [2.45, 2.75) is 38.1 Å². The molecule has 2 amide bonds. The molecular formula is C23H26N4O2S. The molecule has 1 aliphatic rings. The van der Waals surface area contributed by atoms with Crippen molar-refractivity contribution in [1.29, 1.82) is 0 Å². The molecule has 1 fully saturated rings. The maximum Gasteiger partial charge on any atom is 0.240 e. The van der Waals surface area contributed by atoms with E-state index in [1.165, 1.54) is 0 Å². The van der Waals surface area contributed by atoms with Crippen LogP contribution in [-0.4, -0.2) is 27.6 Å². The summed E-state index contributed by atoms with van der Waals surface area (Å²) in [4.78, 5) is 29.3. The lowest BCUT2D eigenvalue weighted by molar-refractivity contribution is -0.122. The van der Waals surface area contributed by atoms with Gasteiger partial charge in [0, 0.05) is 11.6 Å². The summed E-state index contributed by atoms with van der Waals surface area (Å²) in [5.74, 6) is 1.88. The minimum atomic E-state index is -0.135. The molecule has 0 spiro atoms. The zero-order valence-corrected chi connectivity index (χ0v) is 18.0. The summed E-state index contributed by atoms with van der Waals surface area (Å²) in [5.41, 5.74) is 3.67. The van der Waals surface area contributed by atoms with E-state index < -0.39 is 0 Å². The van der Waals surface area contributed by atoms with Crippen LogP contribution >= 0.6 is 11.8 Å². The van der Waals surface area contributed by atoms with Crippen LogP contribution in [-0.2, 0) is 21.9 Å². The highest BCUT2D eigenvalue weighted by atomic mass is 32.2.